The van der Waals surface area contributed by atoms with Gasteiger partial charge in [-0.25, -0.2) is 8.42 Å². The summed E-state index contributed by atoms with van der Waals surface area (Å²) in [6.07, 6.45) is 0. The van der Waals surface area contributed by atoms with Crippen LogP contribution in [0.4, 0.5) is 8.78 Å². The zero-order valence-electron chi connectivity index (χ0n) is 12.3. The minimum absolute atomic E-state index is 0.231. The summed E-state index contributed by atoms with van der Waals surface area (Å²) in [6, 6.07) is 11.9. The van der Waals surface area contributed by atoms with Crippen molar-refractivity contribution in [3.8, 4) is 11.5 Å². The van der Waals surface area contributed by atoms with E-state index >= 15 is 0 Å². The molecule has 1 aromatic heterocycles. The third kappa shape index (κ3) is 4.00. The summed E-state index contributed by atoms with van der Waals surface area (Å²) in [4.78, 5) is 0.124. The summed E-state index contributed by atoms with van der Waals surface area (Å²) < 4.78 is 53.3. The highest BCUT2D eigenvalue weighted by Crippen LogP contribution is 2.30. The Hall–Kier alpha value is -1.97. The Balaban J connectivity index is 1.76. The van der Waals surface area contributed by atoms with E-state index in [0.717, 1.165) is 23.9 Å². The summed E-state index contributed by atoms with van der Waals surface area (Å²) in [5.74, 6) is -3.15. The second kappa shape index (κ2) is 7.11. The number of alkyl halides is 2. The fraction of sp³-hybridized carbons (Fsp3) is 0.0667. The van der Waals surface area contributed by atoms with E-state index in [0.29, 0.717) is 21.4 Å². The third-order valence-electron chi connectivity index (χ3n) is 3.09. The van der Waals surface area contributed by atoms with Gasteiger partial charge in [0.2, 0.25) is 15.7 Å². The minimum atomic E-state index is -4.61. The number of hydrogen-bond acceptors (Lipinski definition) is 6. The lowest BCUT2D eigenvalue weighted by Gasteiger charge is -2.03. The molecule has 0 aliphatic rings. The zero-order chi connectivity index (χ0) is 18.0. The molecule has 0 radical (unpaired) electrons. The second-order valence-corrected chi connectivity index (χ2v) is 8.14. The molecule has 0 spiro atoms. The average molecular weight is 403 g/mol. The number of benzene rings is 2. The van der Waals surface area contributed by atoms with Crippen molar-refractivity contribution in [1.82, 2.24) is 10.2 Å². The predicted molar refractivity (Wildman–Crippen MR) is 88.5 cm³/mol. The van der Waals surface area contributed by atoms with Gasteiger partial charge in [-0.2, -0.15) is 8.78 Å². The molecule has 130 valence electrons. The predicted octanol–water partition coefficient (Wildman–Crippen LogP) is 4.54. The van der Waals surface area contributed by atoms with E-state index in [2.05, 4.69) is 10.2 Å². The summed E-state index contributed by atoms with van der Waals surface area (Å²) in [5.41, 5.74) is 0.696. The van der Waals surface area contributed by atoms with E-state index in [1.54, 1.807) is 24.3 Å². The number of nitrogens with zero attached hydrogens (tertiary/aromatic N) is 2. The molecule has 3 rings (SSSR count). The molecule has 0 fully saturated rings. The molecule has 0 bridgehead atoms. The molecule has 0 amide bonds. The van der Waals surface area contributed by atoms with E-state index in [4.69, 9.17) is 16.0 Å². The molecular formula is C15H9ClF2N2O3S2. The van der Waals surface area contributed by atoms with Crippen LogP contribution in [0.15, 0.2) is 68.0 Å². The highest BCUT2D eigenvalue weighted by atomic mass is 35.5. The van der Waals surface area contributed by atoms with Gasteiger partial charge >= 0.3 is 5.76 Å². The van der Waals surface area contributed by atoms with Crippen molar-refractivity contribution in [2.75, 3.05) is 0 Å². The fourth-order valence-corrected chi connectivity index (χ4v) is 3.38. The van der Waals surface area contributed by atoms with Gasteiger partial charge in [0, 0.05) is 15.5 Å². The Morgan fingerprint density at radius 1 is 1.00 bits per heavy atom. The molecule has 0 saturated carbocycles. The monoisotopic (exact) mass is 402 g/mol. The van der Waals surface area contributed by atoms with Crippen molar-refractivity contribution >= 4 is 33.2 Å². The van der Waals surface area contributed by atoms with Crippen LogP contribution in [0, 0.1) is 0 Å². The Kier molecular flexibility index (Phi) is 5.07. The van der Waals surface area contributed by atoms with Gasteiger partial charge in [0.05, 0.1) is 4.90 Å². The Morgan fingerprint density at radius 2 is 1.64 bits per heavy atom. The number of sulfone groups is 1. The first-order chi connectivity index (χ1) is 11.9. The topological polar surface area (TPSA) is 73.1 Å². The maximum absolute atomic E-state index is 12.5. The Bertz CT molecular complexity index is 975. The van der Waals surface area contributed by atoms with Crippen LogP contribution in [0.5, 0.6) is 0 Å². The molecule has 0 aliphatic heterocycles. The average Bonchev–Trinajstić information content (AvgIpc) is 3.04. The zero-order valence-corrected chi connectivity index (χ0v) is 14.7. The second-order valence-electron chi connectivity index (χ2n) is 4.76. The van der Waals surface area contributed by atoms with Gasteiger partial charge in [-0.05, 0) is 60.3 Å². The standard InChI is InChI=1S/C15H9ClF2N2O3S2/c16-10-3-1-9(2-4-10)13-19-20-15(23-13)24-11-5-7-12(8-6-11)25(21,22)14(17)18/h1-8,14H. The van der Waals surface area contributed by atoms with Gasteiger partial charge < -0.3 is 4.42 Å². The van der Waals surface area contributed by atoms with Crippen molar-refractivity contribution in [2.24, 2.45) is 0 Å². The van der Waals surface area contributed by atoms with Crippen LogP contribution in [0.3, 0.4) is 0 Å². The summed E-state index contributed by atoms with van der Waals surface area (Å²) >= 11 is 6.90. The van der Waals surface area contributed by atoms with Crippen LogP contribution >= 0.6 is 23.4 Å². The van der Waals surface area contributed by atoms with E-state index in [1.807, 2.05) is 0 Å². The van der Waals surface area contributed by atoms with Crippen LogP contribution in [0.2, 0.25) is 5.02 Å². The van der Waals surface area contributed by atoms with Gasteiger partial charge in [-0.1, -0.05) is 11.6 Å². The van der Waals surface area contributed by atoms with E-state index in [1.165, 1.54) is 12.1 Å². The number of halogens is 3. The molecule has 3 aromatic rings. The van der Waals surface area contributed by atoms with Gasteiger partial charge in [-0.15, -0.1) is 10.2 Å². The molecule has 25 heavy (non-hydrogen) atoms. The van der Waals surface area contributed by atoms with Gasteiger partial charge in [0.15, 0.2) is 0 Å². The molecular weight excluding hydrogens is 394 g/mol. The highest BCUT2D eigenvalue weighted by molar-refractivity contribution is 7.99. The van der Waals surface area contributed by atoms with Crippen molar-refractivity contribution in [2.45, 2.75) is 20.8 Å². The van der Waals surface area contributed by atoms with Crippen LogP contribution in [-0.4, -0.2) is 24.4 Å². The smallest absolute Gasteiger partial charge is 0.341 e. The summed E-state index contributed by atoms with van der Waals surface area (Å²) in [5, 5.41) is 8.61. The van der Waals surface area contributed by atoms with Crippen LogP contribution in [0.25, 0.3) is 11.5 Å². The highest BCUT2D eigenvalue weighted by Gasteiger charge is 2.26. The van der Waals surface area contributed by atoms with Gasteiger partial charge in [0.25, 0.3) is 5.22 Å². The SMILES string of the molecule is O=S(=O)(c1ccc(Sc2nnc(-c3ccc(Cl)cc3)o2)cc1)C(F)F. The van der Waals surface area contributed by atoms with E-state index < -0.39 is 20.5 Å². The molecule has 5 nitrogen and oxygen atoms in total. The summed E-state index contributed by atoms with van der Waals surface area (Å²) in [7, 11) is -4.61. The molecule has 0 saturated heterocycles. The number of hydrogen-bond donors (Lipinski definition) is 0. The maximum atomic E-state index is 12.5. The van der Waals surface area contributed by atoms with Crippen molar-refractivity contribution in [3.63, 3.8) is 0 Å². The molecule has 0 atom stereocenters. The normalized spacial score (nSPS) is 11.8. The first-order valence-electron chi connectivity index (χ1n) is 6.76. The lowest BCUT2D eigenvalue weighted by molar-refractivity contribution is 0.234. The van der Waals surface area contributed by atoms with E-state index in [-0.39, 0.29) is 5.22 Å². The molecule has 0 aliphatic carbocycles. The number of aromatic nitrogens is 2. The number of rotatable bonds is 5. The van der Waals surface area contributed by atoms with E-state index in [9.17, 15) is 17.2 Å². The van der Waals surface area contributed by atoms with Crippen molar-refractivity contribution in [1.29, 1.82) is 0 Å². The third-order valence-corrected chi connectivity index (χ3v) is 5.59. The minimum Gasteiger partial charge on any atom is -0.411 e. The Morgan fingerprint density at radius 3 is 2.24 bits per heavy atom. The van der Waals surface area contributed by atoms with Crippen molar-refractivity contribution < 1.29 is 21.6 Å². The maximum Gasteiger partial charge on any atom is 0.341 e. The van der Waals surface area contributed by atoms with Crippen LogP contribution in [-0.2, 0) is 9.84 Å². The van der Waals surface area contributed by atoms with Crippen LogP contribution in [0.1, 0.15) is 0 Å². The lowest BCUT2D eigenvalue weighted by atomic mass is 10.2. The first-order valence-corrected chi connectivity index (χ1v) is 9.50. The quantitative estimate of drug-likeness (QED) is 0.624. The largest absolute Gasteiger partial charge is 0.411 e. The molecule has 10 heteroatoms. The first kappa shape index (κ1) is 17.8. The Labute approximate surface area is 150 Å². The molecule has 0 unspecified atom stereocenters. The molecule has 1 heterocycles. The fourth-order valence-electron chi connectivity index (χ4n) is 1.86. The summed E-state index contributed by atoms with van der Waals surface area (Å²) in [6.45, 7) is 0. The lowest BCUT2D eigenvalue weighted by Crippen LogP contribution is -2.10. The van der Waals surface area contributed by atoms with Gasteiger partial charge in [0.1, 0.15) is 0 Å². The molecule has 2 aromatic carbocycles. The van der Waals surface area contributed by atoms with Crippen molar-refractivity contribution in [3.05, 3.63) is 53.6 Å². The van der Waals surface area contributed by atoms with Gasteiger partial charge in [-0.3, -0.25) is 0 Å². The molecule has 0 N–H and O–H groups in total. The van der Waals surface area contributed by atoms with Crippen LogP contribution < -0.4 is 0 Å².